The molecule has 1 aliphatic carbocycles. The van der Waals surface area contributed by atoms with Gasteiger partial charge in [-0.3, -0.25) is 0 Å². The number of ether oxygens (including phenoxy) is 1. The van der Waals surface area contributed by atoms with Crippen LogP contribution in [0, 0.1) is 13.8 Å². The van der Waals surface area contributed by atoms with Crippen molar-refractivity contribution in [2.45, 2.75) is 58.5 Å². The number of benzene rings is 2. The Morgan fingerprint density at radius 3 is 2.53 bits per heavy atom. The Labute approximate surface area is 178 Å². The van der Waals surface area contributed by atoms with Gasteiger partial charge < -0.3 is 10.1 Å². The quantitative estimate of drug-likeness (QED) is 0.651. The lowest BCUT2D eigenvalue weighted by Crippen LogP contribution is -2.28. The van der Waals surface area contributed by atoms with E-state index >= 15 is 0 Å². The molecule has 0 spiro atoms. The van der Waals surface area contributed by atoms with Crippen molar-refractivity contribution in [2.75, 3.05) is 6.61 Å². The van der Waals surface area contributed by atoms with Crippen LogP contribution < -0.4 is 10.1 Å². The predicted octanol–water partition coefficient (Wildman–Crippen LogP) is 5.25. The number of nitrogens with zero attached hydrogens (tertiary/aromatic N) is 2. The van der Waals surface area contributed by atoms with Gasteiger partial charge >= 0.3 is 0 Å². The van der Waals surface area contributed by atoms with Crippen LogP contribution >= 0.6 is 0 Å². The molecule has 0 fully saturated rings. The Morgan fingerprint density at radius 2 is 1.70 bits per heavy atom. The number of nitrogens with one attached hydrogen (secondary N) is 1. The highest BCUT2D eigenvalue weighted by atomic mass is 16.5. The summed E-state index contributed by atoms with van der Waals surface area (Å²) in [7, 11) is 0. The summed E-state index contributed by atoms with van der Waals surface area (Å²) in [6, 6.07) is 15.1. The molecular weight excluding hydrogens is 370 g/mol. The average Bonchev–Trinajstić information content (AvgIpc) is 2.78. The molecule has 3 aromatic rings. The molecule has 1 unspecified atom stereocenters. The molecule has 1 atom stereocenters. The molecule has 0 saturated carbocycles. The summed E-state index contributed by atoms with van der Waals surface area (Å²) in [5.74, 6) is 1.000. The van der Waals surface area contributed by atoms with E-state index in [0.29, 0.717) is 6.04 Å². The number of rotatable bonds is 4. The minimum absolute atomic E-state index is 0.300. The molecule has 154 valence electrons. The van der Waals surface area contributed by atoms with Crippen molar-refractivity contribution in [2.24, 2.45) is 0 Å². The van der Waals surface area contributed by atoms with Crippen LogP contribution in [0.2, 0.25) is 0 Å². The molecule has 0 saturated heterocycles. The van der Waals surface area contributed by atoms with Gasteiger partial charge in [0.15, 0.2) is 0 Å². The van der Waals surface area contributed by atoms with Crippen molar-refractivity contribution >= 4 is 0 Å². The topological polar surface area (TPSA) is 47.0 Å². The molecular formula is C26H29N3O. The van der Waals surface area contributed by atoms with Crippen molar-refractivity contribution in [3.05, 3.63) is 76.0 Å². The number of fused-ring (bicyclic) bond motifs is 2. The summed E-state index contributed by atoms with van der Waals surface area (Å²) in [5, 5.41) is 13.3. The van der Waals surface area contributed by atoms with E-state index in [1.54, 1.807) is 0 Å². The highest BCUT2D eigenvalue weighted by Crippen LogP contribution is 2.35. The van der Waals surface area contributed by atoms with Gasteiger partial charge in [-0.1, -0.05) is 36.4 Å². The largest absolute Gasteiger partial charge is 0.493 e. The third kappa shape index (κ3) is 3.50. The minimum Gasteiger partial charge on any atom is -0.493 e. The zero-order valence-electron chi connectivity index (χ0n) is 17.9. The van der Waals surface area contributed by atoms with Gasteiger partial charge in [-0.25, -0.2) is 0 Å². The molecule has 5 rings (SSSR count). The van der Waals surface area contributed by atoms with Gasteiger partial charge in [0.25, 0.3) is 0 Å². The first kappa shape index (κ1) is 19.3. The molecule has 2 aromatic carbocycles. The lowest BCUT2D eigenvalue weighted by molar-refractivity contribution is 0.251. The van der Waals surface area contributed by atoms with Gasteiger partial charge in [-0.2, -0.15) is 5.10 Å². The van der Waals surface area contributed by atoms with Gasteiger partial charge in [0.05, 0.1) is 18.0 Å². The van der Waals surface area contributed by atoms with E-state index in [-0.39, 0.29) is 0 Å². The van der Waals surface area contributed by atoms with Crippen LogP contribution in [0.15, 0.2) is 42.5 Å². The highest BCUT2D eigenvalue weighted by Gasteiger charge is 2.24. The fourth-order valence-electron chi connectivity index (χ4n) is 5.02. The summed E-state index contributed by atoms with van der Waals surface area (Å²) >= 11 is 0. The summed E-state index contributed by atoms with van der Waals surface area (Å²) < 4.78 is 5.82. The van der Waals surface area contributed by atoms with Crippen molar-refractivity contribution in [3.63, 3.8) is 0 Å². The van der Waals surface area contributed by atoms with E-state index in [9.17, 15) is 0 Å². The monoisotopic (exact) mass is 399 g/mol. The van der Waals surface area contributed by atoms with E-state index in [0.717, 1.165) is 49.6 Å². The van der Waals surface area contributed by atoms with E-state index in [4.69, 9.17) is 14.9 Å². The Morgan fingerprint density at radius 1 is 0.933 bits per heavy atom. The second-order valence-corrected chi connectivity index (χ2v) is 8.53. The minimum atomic E-state index is 0.300. The third-order valence-corrected chi connectivity index (χ3v) is 6.57. The summed E-state index contributed by atoms with van der Waals surface area (Å²) in [4.78, 5) is 0. The molecule has 1 aromatic heterocycles. The molecule has 4 nitrogen and oxygen atoms in total. The van der Waals surface area contributed by atoms with E-state index in [2.05, 4.69) is 55.6 Å². The van der Waals surface area contributed by atoms with Gasteiger partial charge in [0.1, 0.15) is 5.75 Å². The normalized spacial score (nSPS) is 17.7. The third-order valence-electron chi connectivity index (χ3n) is 6.57. The van der Waals surface area contributed by atoms with Gasteiger partial charge in [0.2, 0.25) is 0 Å². The molecule has 30 heavy (non-hydrogen) atoms. The molecule has 1 aliphatic heterocycles. The predicted molar refractivity (Wildman–Crippen MR) is 120 cm³/mol. The van der Waals surface area contributed by atoms with Crippen molar-refractivity contribution in [3.8, 4) is 17.0 Å². The lowest BCUT2D eigenvalue weighted by Gasteiger charge is -2.27. The van der Waals surface area contributed by atoms with Crippen LogP contribution in [-0.4, -0.2) is 16.8 Å². The lowest BCUT2D eigenvalue weighted by atomic mass is 9.86. The van der Waals surface area contributed by atoms with Crippen molar-refractivity contribution < 1.29 is 4.74 Å². The van der Waals surface area contributed by atoms with Crippen molar-refractivity contribution in [1.82, 2.24) is 15.5 Å². The average molecular weight is 400 g/mol. The number of aromatic nitrogens is 2. The fourth-order valence-corrected chi connectivity index (χ4v) is 5.02. The molecule has 1 N–H and O–H groups in total. The van der Waals surface area contributed by atoms with E-state index in [1.807, 2.05) is 6.07 Å². The summed E-state index contributed by atoms with van der Waals surface area (Å²) in [6.07, 6.45) is 5.65. The smallest absolute Gasteiger partial charge is 0.124 e. The first-order valence-corrected chi connectivity index (χ1v) is 11.1. The number of hydrogen-bond acceptors (Lipinski definition) is 4. The second kappa shape index (κ2) is 8.19. The Kier molecular flexibility index (Phi) is 5.26. The van der Waals surface area contributed by atoms with Crippen LogP contribution in [0.3, 0.4) is 0 Å². The Bertz CT molecular complexity index is 1060. The highest BCUT2D eigenvalue weighted by molar-refractivity contribution is 5.71. The molecule has 2 aliphatic rings. The van der Waals surface area contributed by atoms with Gasteiger partial charge in [0, 0.05) is 30.1 Å². The molecule has 0 radical (unpaired) electrons. The number of hydrogen-bond donors (Lipinski definition) is 1. The fraction of sp³-hybridized carbons (Fsp3) is 0.385. The van der Waals surface area contributed by atoms with Crippen molar-refractivity contribution in [1.29, 1.82) is 0 Å². The Hall–Kier alpha value is -2.72. The molecule has 2 heterocycles. The molecule has 4 heteroatoms. The van der Waals surface area contributed by atoms with Gasteiger partial charge in [-0.15, -0.1) is 5.10 Å². The zero-order chi connectivity index (χ0) is 20.5. The van der Waals surface area contributed by atoms with Gasteiger partial charge in [-0.05, 0) is 67.9 Å². The van der Waals surface area contributed by atoms with Crippen LogP contribution in [0.4, 0.5) is 0 Å². The van der Waals surface area contributed by atoms with Crippen LogP contribution in [-0.2, 0) is 19.4 Å². The van der Waals surface area contributed by atoms with E-state index < -0.39 is 0 Å². The SMILES string of the molecule is Cc1cccc(C)c1-c1nnc(CNC2CCOc3ccccc32)c2c1CCCC2. The maximum absolute atomic E-state index is 5.82. The number of para-hydroxylation sites is 1. The summed E-state index contributed by atoms with van der Waals surface area (Å²) in [6.45, 7) is 5.86. The number of aryl methyl sites for hydroxylation is 2. The first-order valence-electron chi connectivity index (χ1n) is 11.1. The zero-order valence-corrected chi connectivity index (χ0v) is 17.9. The molecule has 0 bridgehead atoms. The van der Waals surface area contributed by atoms with Crippen LogP contribution in [0.1, 0.15) is 58.8 Å². The first-order chi connectivity index (χ1) is 14.7. The van der Waals surface area contributed by atoms with Crippen LogP contribution in [0.25, 0.3) is 11.3 Å². The summed E-state index contributed by atoms with van der Waals surface area (Å²) in [5.41, 5.74) is 10.1. The maximum atomic E-state index is 5.82. The second-order valence-electron chi connectivity index (χ2n) is 8.53. The van der Waals surface area contributed by atoms with Crippen LogP contribution in [0.5, 0.6) is 5.75 Å². The maximum Gasteiger partial charge on any atom is 0.124 e. The Balaban J connectivity index is 1.46. The molecule has 0 amide bonds. The standard InChI is InChI=1S/C26H29N3O/c1-17-8-7-9-18(2)25(17)26-20-11-4-3-10-19(20)23(28-29-26)16-27-22-14-15-30-24-13-6-5-12-21(22)24/h5-9,12-13,22,27H,3-4,10-11,14-16H2,1-2H3. The van der Waals surface area contributed by atoms with E-state index in [1.165, 1.54) is 46.2 Å².